The van der Waals surface area contributed by atoms with E-state index in [1.807, 2.05) is 0 Å². The van der Waals surface area contributed by atoms with Crippen molar-refractivity contribution in [2.24, 2.45) is 0 Å². The average Bonchev–Trinajstić information content (AvgIpc) is 3.98. The van der Waals surface area contributed by atoms with Gasteiger partial charge < -0.3 is 8.98 Å². The smallest absolute Gasteiger partial charge is 0.164 e. The summed E-state index contributed by atoms with van der Waals surface area (Å²) in [5.41, 5.74) is -6.92. The third kappa shape index (κ3) is 4.60. The van der Waals surface area contributed by atoms with Crippen LogP contribution in [0.15, 0.2) is 174 Å². The van der Waals surface area contributed by atoms with E-state index in [1.165, 1.54) is 0 Å². The van der Waals surface area contributed by atoms with Crippen molar-refractivity contribution in [3.8, 4) is 51.0 Å². The topological polar surface area (TPSA) is 56.7 Å². The Balaban J connectivity index is 1.37. The van der Waals surface area contributed by atoms with Crippen LogP contribution in [0, 0.1) is 0 Å². The summed E-state index contributed by atoms with van der Waals surface area (Å²) in [7, 11) is 0. The Morgan fingerprint density at radius 3 is 1.72 bits per heavy atom. The fourth-order valence-corrected chi connectivity index (χ4v) is 5.40. The molecule has 10 aromatic rings. The van der Waals surface area contributed by atoms with E-state index >= 15 is 0 Å². The Morgan fingerprint density at radius 2 is 1.02 bits per heavy atom. The third-order valence-corrected chi connectivity index (χ3v) is 7.50. The van der Waals surface area contributed by atoms with Crippen molar-refractivity contribution in [2.75, 3.05) is 0 Å². The molecule has 5 nitrogen and oxygen atoms in total. The van der Waals surface area contributed by atoms with E-state index in [0.29, 0.717) is 0 Å². The SMILES string of the molecule is [2H]c1c([2H])c([2H])c(-c2nc(-c3c([2H])c([2H])c([2H])c([2H])c3[2H])nc(-c3c([2H])c([2H])c4c(c3[2H])c3c([2H])c([2H])c([2H])c([2H])c3n4-c3c([2H])c([2H])c4c(oc5c([2H])c([2H])c([2H])c(-c6c([2H])c([2H])c([2H])c([2H])c6[2H])c54)c3[2H])n2)c([2H])c1[2H]. The number of nitrogens with zero attached hydrogens (tertiary/aromatic N) is 4. The van der Waals surface area contributed by atoms with Gasteiger partial charge in [-0.2, -0.15) is 0 Å². The van der Waals surface area contributed by atoms with Gasteiger partial charge in [-0.15, -0.1) is 0 Å². The molecule has 0 saturated heterocycles. The summed E-state index contributed by atoms with van der Waals surface area (Å²) in [5.74, 6) is -2.48. The number of fused-ring (bicyclic) bond motifs is 6. The molecule has 10 rings (SSSR count). The largest absolute Gasteiger partial charge is 0.456 e. The molecule has 0 bridgehead atoms. The van der Waals surface area contributed by atoms with Gasteiger partial charge in [0.15, 0.2) is 17.5 Å². The minimum Gasteiger partial charge on any atom is -0.456 e. The number of para-hydroxylation sites is 1. The second kappa shape index (κ2) is 11.4. The summed E-state index contributed by atoms with van der Waals surface area (Å²) in [6.45, 7) is 0. The minimum atomic E-state index is -1.03. The highest BCUT2D eigenvalue weighted by Crippen LogP contribution is 2.39. The summed E-state index contributed by atoms with van der Waals surface area (Å²) in [4.78, 5) is 12.8. The zero-order valence-electron chi connectivity index (χ0n) is 52.7. The van der Waals surface area contributed by atoms with Crippen LogP contribution in [0.5, 0.6) is 0 Å². The molecule has 0 fully saturated rings. The predicted molar refractivity (Wildman–Crippen MR) is 203 cm³/mol. The maximum atomic E-state index is 9.81. The van der Waals surface area contributed by atoms with E-state index in [2.05, 4.69) is 15.0 Å². The molecular formula is C45H28N4O. The lowest BCUT2D eigenvalue weighted by atomic mass is 9.99. The second-order valence-electron chi connectivity index (χ2n) is 10.3. The van der Waals surface area contributed by atoms with E-state index in [1.54, 1.807) is 0 Å². The van der Waals surface area contributed by atoms with Gasteiger partial charge in [-0.3, -0.25) is 0 Å². The molecule has 0 atom stereocenters. The van der Waals surface area contributed by atoms with Crippen LogP contribution < -0.4 is 0 Å². The van der Waals surface area contributed by atoms with Crippen LogP contribution in [-0.4, -0.2) is 19.5 Å². The molecule has 0 radical (unpaired) electrons. The highest BCUT2D eigenvalue weighted by atomic mass is 16.3. The van der Waals surface area contributed by atoms with E-state index in [-0.39, 0.29) is 0 Å². The zero-order valence-corrected chi connectivity index (χ0v) is 24.7. The third-order valence-electron chi connectivity index (χ3n) is 7.50. The van der Waals surface area contributed by atoms with Gasteiger partial charge >= 0.3 is 0 Å². The first-order valence-corrected chi connectivity index (χ1v) is 14.4. The van der Waals surface area contributed by atoms with Crippen LogP contribution in [0.3, 0.4) is 0 Å². The van der Waals surface area contributed by atoms with Gasteiger partial charge in [-0.05, 0) is 53.4 Å². The number of furan rings is 1. The molecule has 0 amide bonds. The Labute approximate surface area is 327 Å². The van der Waals surface area contributed by atoms with Crippen molar-refractivity contribution in [1.29, 1.82) is 0 Å². The number of aromatic nitrogens is 4. The molecule has 7 aromatic carbocycles. The minimum absolute atomic E-state index is 0.478. The second-order valence-corrected chi connectivity index (χ2v) is 10.3. The maximum absolute atomic E-state index is 9.81. The van der Waals surface area contributed by atoms with Crippen LogP contribution in [-0.2, 0) is 0 Å². The molecule has 3 heterocycles. The Kier molecular flexibility index (Phi) is 2.72. The fraction of sp³-hybridized carbons (Fsp3) is 0. The first kappa shape index (κ1) is 11.9. The normalized spacial score (nSPS) is 19.4. The van der Waals surface area contributed by atoms with Gasteiger partial charge in [-0.1, -0.05) is 121 Å². The van der Waals surface area contributed by atoms with E-state index < -0.39 is 264 Å². The van der Waals surface area contributed by atoms with Crippen molar-refractivity contribution >= 4 is 43.7 Å². The average molecular weight is 669 g/mol. The van der Waals surface area contributed by atoms with Crippen LogP contribution in [0.2, 0.25) is 0 Å². The summed E-state index contributed by atoms with van der Waals surface area (Å²) >= 11 is 0. The highest BCUT2D eigenvalue weighted by Gasteiger charge is 2.18. The Morgan fingerprint density at radius 1 is 0.420 bits per heavy atom. The number of rotatable bonds is 5. The molecule has 0 N–H and O–H groups in total. The van der Waals surface area contributed by atoms with E-state index in [9.17, 15) is 11.0 Å². The molecule has 0 aliphatic heterocycles. The van der Waals surface area contributed by atoms with Crippen molar-refractivity contribution in [3.05, 3.63) is 169 Å². The molecule has 5 heteroatoms. The van der Waals surface area contributed by atoms with Gasteiger partial charge in [0.05, 0.1) is 49.4 Å². The van der Waals surface area contributed by atoms with Crippen LogP contribution in [0.4, 0.5) is 0 Å². The van der Waals surface area contributed by atoms with Crippen molar-refractivity contribution in [2.45, 2.75) is 0 Å². The highest BCUT2D eigenvalue weighted by molar-refractivity contribution is 6.14. The van der Waals surface area contributed by atoms with Gasteiger partial charge in [0.25, 0.3) is 0 Å². The van der Waals surface area contributed by atoms with Gasteiger partial charge in [0, 0.05) is 50.0 Å². The number of hydrogen-bond acceptors (Lipinski definition) is 4. The molecule has 234 valence electrons. The summed E-state index contributed by atoms with van der Waals surface area (Å²) < 4.78 is 253. The van der Waals surface area contributed by atoms with Crippen molar-refractivity contribution in [3.63, 3.8) is 0 Å². The molecule has 3 aromatic heterocycles. The lowest BCUT2D eigenvalue weighted by Crippen LogP contribution is -2.00. The Hall–Kier alpha value is -6.85. The molecule has 0 aliphatic carbocycles. The molecule has 0 unspecified atom stereocenters. The Bertz CT molecular complexity index is 4320. The number of benzene rings is 7. The van der Waals surface area contributed by atoms with Gasteiger partial charge in [-0.25, -0.2) is 15.0 Å². The fourth-order valence-electron chi connectivity index (χ4n) is 5.40. The first-order valence-electron chi connectivity index (χ1n) is 28.4. The molecule has 0 aliphatic rings. The molecule has 0 spiro atoms. The molecule has 50 heavy (non-hydrogen) atoms. The quantitative estimate of drug-likeness (QED) is 0.183. The monoisotopic (exact) mass is 668 g/mol. The van der Waals surface area contributed by atoms with Crippen LogP contribution >= 0.6 is 0 Å². The summed E-state index contributed by atoms with van der Waals surface area (Å²) in [6.07, 6.45) is 0. The van der Waals surface area contributed by atoms with E-state index in [4.69, 9.17) is 31.8 Å². The number of hydrogen-bond donors (Lipinski definition) is 0. The van der Waals surface area contributed by atoms with E-state index in [0.717, 1.165) is 4.57 Å². The zero-order chi connectivity index (χ0) is 57.4. The van der Waals surface area contributed by atoms with Gasteiger partial charge in [0.2, 0.25) is 0 Å². The summed E-state index contributed by atoms with van der Waals surface area (Å²) in [6, 6.07) is -25.0. The predicted octanol–water partition coefficient (Wildman–Crippen LogP) is 11.5. The molecular weight excluding hydrogens is 613 g/mol. The maximum Gasteiger partial charge on any atom is 0.164 e. The lowest BCUT2D eigenvalue weighted by Gasteiger charge is -2.10. The molecule has 0 saturated carbocycles. The lowest BCUT2D eigenvalue weighted by molar-refractivity contribution is 0.668. The van der Waals surface area contributed by atoms with Crippen LogP contribution in [0.1, 0.15) is 38.4 Å². The standard InChI is InChI=1S/C45H28N4O/c1-4-13-29(14-5-1)34-20-12-22-40-42(34)36-25-24-33(28-41(36)50-40)49-38-21-11-10-19-35(38)37-27-32(23-26-39(37)49)45-47-43(30-15-6-2-7-16-30)46-44(48-45)31-17-8-3-9-18-31/h1-28H/i1D,2D,3D,4D,5D,6D,7D,8D,9D,10D,11D,12D,13D,14D,15D,16D,17D,18D,19D,20D,21D,22D,23D,24D,25D,26D,27D,28D. The summed E-state index contributed by atoms with van der Waals surface area (Å²) in [5, 5.41) is -2.23. The first-order chi connectivity index (χ1) is 36.4. The van der Waals surface area contributed by atoms with Crippen molar-refractivity contribution in [1.82, 2.24) is 19.5 Å². The van der Waals surface area contributed by atoms with Crippen LogP contribution in [0.25, 0.3) is 94.7 Å². The van der Waals surface area contributed by atoms with Gasteiger partial charge in [0.1, 0.15) is 11.2 Å². The van der Waals surface area contributed by atoms with Crippen molar-refractivity contribution < 1.29 is 42.8 Å².